The summed E-state index contributed by atoms with van der Waals surface area (Å²) in [7, 11) is 0. The molecule has 0 N–H and O–H groups in total. The molecular formula is C20H26BrN3O3. The average Bonchev–Trinajstić information content (AvgIpc) is 3.22. The fourth-order valence-electron chi connectivity index (χ4n) is 3.85. The fourth-order valence-corrected chi connectivity index (χ4v) is 4.40. The van der Waals surface area contributed by atoms with Crippen LogP contribution in [0.4, 0.5) is 0 Å². The number of nitriles is 1. The number of carbonyl (C=O) groups is 1. The van der Waals surface area contributed by atoms with Crippen LogP contribution in [-0.4, -0.2) is 61.1 Å². The van der Waals surface area contributed by atoms with E-state index in [1.54, 1.807) is 12.1 Å². The summed E-state index contributed by atoms with van der Waals surface area (Å²) in [6, 6.07) is 6.02. The molecule has 0 spiro atoms. The van der Waals surface area contributed by atoms with E-state index in [9.17, 15) is 4.79 Å². The smallest absolute Gasteiger partial charge is 0.260 e. The number of likely N-dealkylation sites (tertiary alicyclic amines) is 2. The molecule has 0 unspecified atom stereocenters. The lowest BCUT2D eigenvalue weighted by molar-refractivity contribution is -0.134. The molecule has 2 saturated heterocycles. The molecule has 2 fully saturated rings. The van der Waals surface area contributed by atoms with Gasteiger partial charge in [-0.25, -0.2) is 0 Å². The van der Waals surface area contributed by atoms with Crippen molar-refractivity contribution in [3.63, 3.8) is 0 Å². The monoisotopic (exact) mass is 435 g/mol. The molecule has 1 aromatic rings. The molecule has 0 radical (unpaired) electrons. The Hall–Kier alpha value is -1.78. The summed E-state index contributed by atoms with van der Waals surface area (Å²) >= 11 is 3.41. The number of ether oxygens (including phenoxy) is 2. The highest BCUT2D eigenvalue weighted by molar-refractivity contribution is 9.10. The van der Waals surface area contributed by atoms with Crippen LogP contribution in [0.2, 0.25) is 0 Å². The number of benzene rings is 1. The minimum atomic E-state index is -0.0288. The Morgan fingerprint density at radius 1 is 1.22 bits per heavy atom. The Morgan fingerprint density at radius 2 is 1.93 bits per heavy atom. The van der Waals surface area contributed by atoms with E-state index < -0.39 is 0 Å². The molecule has 2 aliphatic heterocycles. The molecule has 0 saturated carbocycles. The van der Waals surface area contributed by atoms with Gasteiger partial charge in [0.05, 0.1) is 22.7 Å². The Balaban J connectivity index is 1.55. The van der Waals surface area contributed by atoms with Crippen LogP contribution in [0.15, 0.2) is 16.6 Å². The van der Waals surface area contributed by atoms with Gasteiger partial charge >= 0.3 is 0 Å². The van der Waals surface area contributed by atoms with Crippen LogP contribution in [-0.2, 0) is 4.79 Å². The largest absolute Gasteiger partial charge is 0.490 e. The molecule has 0 bridgehead atoms. The zero-order chi connectivity index (χ0) is 19.2. The summed E-state index contributed by atoms with van der Waals surface area (Å²) in [5, 5.41) is 9.10. The summed E-state index contributed by atoms with van der Waals surface area (Å²) in [6.45, 7) is 6.27. The van der Waals surface area contributed by atoms with E-state index in [0.29, 0.717) is 34.2 Å². The first kappa shape index (κ1) is 20.0. The van der Waals surface area contributed by atoms with Crippen molar-refractivity contribution in [1.29, 1.82) is 5.26 Å². The van der Waals surface area contributed by atoms with Crippen LogP contribution < -0.4 is 9.47 Å². The summed E-state index contributed by atoms with van der Waals surface area (Å²) < 4.78 is 12.0. The lowest BCUT2D eigenvalue weighted by atomic mass is 10.0. The van der Waals surface area contributed by atoms with Gasteiger partial charge in [0.2, 0.25) is 0 Å². The fraction of sp³-hybridized carbons (Fsp3) is 0.600. The van der Waals surface area contributed by atoms with Gasteiger partial charge in [0, 0.05) is 25.2 Å². The van der Waals surface area contributed by atoms with Crippen LogP contribution in [0.3, 0.4) is 0 Å². The topological polar surface area (TPSA) is 65.8 Å². The predicted molar refractivity (Wildman–Crippen MR) is 106 cm³/mol. The van der Waals surface area contributed by atoms with Gasteiger partial charge in [-0.1, -0.05) is 0 Å². The van der Waals surface area contributed by atoms with Crippen LogP contribution in [0, 0.1) is 11.3 Å². The summed E-state index contributed by atoms with van der Waals surface area (Å²) in [5.41, 5.74) is 0.480. The number of halogens is 1. The van der Waals surface area contributed by atoms with Crippen molar-refractivity contribution in [3.8, 4) is 17.6 Å². The molecule has 1 aromatic carbocycles. The van der Waals surface area contributed by atoms with E-state index in [-0.39, 0.29) is 12.5 Å². The van der Waals surface area contributed by atoms with E-state index in [4.69, 9.17) is 14.7 Å². The van der Waals surface area contributed by atoms with Crippen molar-refractivity contribution >= 4 is 21.8 Å². The molecule has 146 valence electrons. The number of carbonyl (C=O) groups excluding carboxylic acids is 1. The Labute approximate surface area is 169 Å². The second kappa shape index (κ2) is 9.43. The van der Waals surface area contributed by atoms with Gasteiger partial charge in [0.1, 0.15) is 0 Å². The lowest BCUT2D eigenvalue weighted by Gasteiger charge is -2.36. The van der Waals surface area contributed by atoms with Crippen LogP contribution in [0.25, 0.3) is 0 Å². The quantitative estimate of drug-likeness (QED) is 0.686. The van der Waals surface area contributed by atoms with Crippen molar-refractivity contribution in [2.45, 2.75) is 38.6 Å². The lowest BCUT2D eigenvalue weighted by Crippen LogP contribution is -2.47. The second-order valence-electron chi connectivity index (χ2n) is 6.97. The Morgan fingerprint density at radius 3 is 2.56 bits per heavy atom. The maximum atomic E-state index is 12.6. The van der Waals surface area contributed by atoms with E-state index in [1.807, 2.05) is 11.8 Å². The molecular weight excluding hydrogens is 410 g/mol. The molecule has 27 heavy (non-hydrogen) atoms. The van der Waals surface area contributed by atoms with E-state index >= 15 is 0 Å². The molecule has 1 amide bonds. The van der Waals surface area contributed by atoms with E-state index in [2.05, 4.69) is 26.9 Å². The van der Waals surface area contributed by atoms with Crippen molar-refractivity contribution in [1.82, 2.24) is 9.80 Å². The number of hydrogen-bond acceptors (Lipinski definition) is 5. The van der Waals surface area contributed by atoms with Crippen molar-refractivity contribution in [3.05, 3.63) is 22.2 Å². The number of amides is 1. The molecule has 2 heterocycles. The van der Waals surface area contributed by atoms with Gasteiger partial charge in [-0.15, -0.1) is 0 Å². The maximum Gasteiger partial charge on any atom is 0.260 e. The number of rotatable bonds is 6. The van der Waals surface area contributed by atoms with Crippen LogP contribution in [0.1, 0.15) is 38.2 Å². The van der Waals surface area contributed by atoms with E-state index in [0.717, 1.165) is 25.9 Å². The third-order valence-electron chi connectivity index (χ3n) is 5.25. The molecule has 7 heteroatoms. The van der Waals surface area contributed by atoms with Gasteiger partial charge in [0.15, 0.2) is 18.1 Å². The molecule has 0 aliphatic carbocycles. The summed E-state index contributed by atoms with van der Waals surface area (Å²) in [4.78, 5) is 17.0. The third-order valence-corrected chi connectivity index (χ3v) is 5.84. The predicted octanol–water partition coefficient (Wildman–Crippen LogP) is 3.19. The van der Waals surface area contributed by atoms with Crippen LogP contribution in [0.5, 0.6) is 11.5 Å². The highest BCUT2D eigenvalue weighted by Crippen LogP contribution is 2.37. The molecule has 3 rings (SSSR count). The minimum absolute atomic E-state index is 0.00594. The Kier molecular flexibility index (Phi) is 6.97. The average molecular weight is 436 g/mol. The molecule has 2 aliphatic rings. The Bertz CT molecular complexity index is 705. The number of piperidine rings is 1. The van der Waals surface area contributed by atoms with Crippen molar-refractivity contribution < 1.29 is 14.3 Å². The standard InChI is InChI=1S/C20H26BrN3O3/c1-2-26-18-12-15(13-22)11-17(21)20(18)27-14-19(25)24-9-5-16(6-10-24)23-7-3-4-8-23/h11-12,16H,2-10,14H2,1H3. The van der Waals surface area contributed by atoms with Crippen molar-refractivity contribution in [2.24, 2.45) is 0 Å². The van der Waals surface area contributed by atoms with Gasteiger partial charge in [-0.2, -0.15) is 5.26 Å². The van der Waals surface area contributed by atoms with Crippen molar-refractivity contribution in [2.75, 3.05) is 39.4 Å². The normalized spacial score (nSPS) is 18.3. The maximum absolute atomic E-state index is 12.6. The highest BCUT2D eigenvalue weighted by Gasteiger charge is 2.28. The SMILES string of the molecule is CCOc1cc(C#N)cc(Br)c1OCC(=O)N1CCC(N2CCCC2)CC1. The molecule has 0 aromatic heterocycles. The zero-order valence-electron chi connectivity index (χ0n) is 15.7. The number of hydrogen-bond donors (Lipinski definition) is 0. The first-order chi connectivity index (χ1) is 13.1. The first-order valence-electron chi connectivity index (χ1n) is 9.63. The minimum Gasteiger partial charge on any atom is -0.490 e. The van der Waals surface area contributed by atoms with E-state index in [1.165, 1.54) is 25.9 Å². The van der Waals surface area contributed by atoms with Gasteiger partial charge in [0.25, 0.3) is 5.91 Å². The summed E-state index contributed by atoms with van der Waals surface area (Å²) in [5.74, 6) is 0.939. The second-order valence-corrected chi connectivity index (χ2v) is 7.83. The zero-order valence-corrected chi connectivity index (χ0v) is 17.3. The highest BCUT2D eigenvalue weighted by atomic mass is 79.9. The molecule has 6 nitrogen and oxygen atoms in total. The first-order valence-corrected chi connectivity index (χ1v) is 10.4. The summed E-state index contributed by atoms with van der Waals surface area (Å²) in [6.07, 6.45) is 4.68. The number of nitrogens with zero attached hydrogens (tertiary/aromatic N) is 3. The molecule has 0 atom stereocenters. The third kappa shape index (κ3) is 4.94. The van der Waals surface area contributed by atoms with Crippen LogP contribution >= 0.6 is 15.9 Å². The van der Waals surface area contributed by atoms with Gasteiger partial charge in [-0.3, -0.25) is 4.79 Å². The van der Waals surface area contributed by atoms with Gasteiger partial charge < -0.3 is 19.3 Å². The van der Waals surface area contributed by atoms with Gasteiger partial charge in [-0.05, 0) is 67.7 Å².